The van der Waals surface area contributed by atoms with E-state index in [2.05, 4.69) is 41.3 Å². The van der Waals surface area contributed by atoms with Crippen molar-refractivity contribution in [3.63, 3.8) is 0 Å². The number of anilines is 1. The maximum Gasteiger partial charge on any atom is 0.263 e. The van der Waals surface area contributed by atoms with Crippen molar-refractivity contribution in [2.75, 3.05) is 44.2 Å². The third kappa shape index (κ3) is 4.92. The molecule has 1 atom stereocenters. The lowest BCUT2D eigenvalue weighted by Gasteiger charge is -2.36. The smallest absolute Gasteiger partial charge is 0.263 e. The average molecular weight is 476 g/mol. The molecule has 3 heterocycles. The number of aromatic nitrogens is 2. The predicted molar refractivity (Wildman–Crippen MR) is 126 cm³/mol. The van der Waals surface area contributed by atoms with Gasteiger partial charge in [-0.1, -0.05) is 12.1 Å². The molecule has 2 fully saturated rings. The number of ether oxygens (including phenoxy) is 1. The number of piperazine rings is 1. The van der Waals surface area contributed by atoms with Crippen LogP contribution in [0.15, 0.2) is 29.4 Å². The molecule has 0 spiro atoms. The maximum atomic E-state index is 13.5. The van der Waals surface area contributed by atoms with Crippen LogP contribution < -0.4 is 10.2 Å². The van der Waals surface area contributed by atoms with Crippen molar-refractivity contribution in [3.8, 4) is 0 Å². The Morgan fingerprint density at radius 3 is 2.64 bits per heavy atom. The van der Waals surface area contributed by atoms with E-state index >= 15 is 0 Å². The molecule has 1 unspecified atom stereocenters. The SMILES string of the molecule is CCn1cc(C(=O)NCC2CCCO2)c(S(=O)(=O)N2CCN(c3cccc(C)c3C)CC2)n1. The minimum atomic E-state index is -3.91. The van der Waals surface area contributed by atoms with Gasteiger partial charge in [0.15, 0.2) is 0 Å². The Hall–Kier alpha value is -2.43. The zero-order valence-corrected chi connectivity index (χ0v) is 20.4. The molecular weight excluding hydrogens is 442 g/mol. The fourth-order valence-electron chi connectivity index (χ4n) is 4.39. The van der Waals surface area contributed by atoms with Crippen LogP contribution in [0, 0.1) is 13.8 Å². The topological polar surface area (TPSA) is 96.8 Å². The number of rotatable bonds is 7. The molecule has 1 amide bonds. The van der Waals surface area contributed by atoms with Crippen molar-refractivity contribution in [2.24, 2.45) is 0 Å². The number of sulfonamides is 1. The van der Waals surface area contributed by atoms with Crippen molar-refractivity contribution in [1.82, 2.24) is 19.4 Å². The molecule has 1 N–H and O–H groups in total. The Labute approximate surface area is 195 Å². The maximum absolute atomic E-state index is 13.5. The fraction of sp³-hybridized carbons (Fsp3) is 0.565. The van der Waals surface area contributed by atoms with Crippen LogP contribution in [0.25, 0.3) is 0 Å². The van der Waals surface area contributed by atoms with Gasteiger partial charge in [-0.05, 0) is 50.8 Å². The molecule has 0 aliphatic carbocycles. The van der Waals surface area contributed by atoms with Gasteiger partial charge in [0.2, 0.25) is 5.03 Å². The molecule has 1 aromatic heterocycles. The second-order valence-electron chi connectivity index (χ2n) is 8.66. The summed E-state index contributed by atoms with van der Waals surface area (Å²) in [5.41, 5.74) is 3.65. The van der Waals surface area contributed by atoms with Crippen molar-refractivity contribution in [2.45, 2.75) is 51.3 Å². The molecule has 0 bridgehead atoms. The molecule has 2 saturated heterocycles. The van der Waals surface area contributed by atoms with E-state index in [1.54, 1.807) is 0 Å². The zero-order valence-electron chi connectivity index (χ0n) is 19.6. The van der Waals surface area contributed by atoms with E-state index in [0.29, 0.717) is 45.9 Å². The highest BCUT2D eigenvalue weighted by atomic mass is 32.2. The van der Waals surface area contributed by atoms with Crippen LogP contribution in [-0.4, -0.2) is 73.8 Å². The first-order valence-corrected chi connectivity index (χ1v) is 13.0. The van der Waals surface area contributed by atoms with Gasteiger partial charge in [0.25, 0.3) is 15.9 Å². The molecule has 9 nitrogen and oxygen atoms in total. The quantitative estimate of drug-likeness (QED) is 0.657. The summed E-state index contributed by atoms with van der Waals surface area (Å²) in [7, 11) is -3.91. The molecule has 180 valence electrons. The van der Waals surface area contributed by atoms with Gasteiger partial charge in [-0.2, -0.15) is 9.40 Å². The summed E-state index contributed by atoms with van der Waals surface area (Å²) >= 11 is 0. The second kappa shape index (κ2) is 9.82. The van der Waals surface area contributed by atoms with Gasteiger partial charge in [-0.15, -0.1) is 0 Å². The molecule has 0 radical (unpaired) electrons. The molecule has 1 aromatic carbocycles. The zero-order chi connectivity index (χ0) is 23.6. The highest BCUT2D eigenvalue weighted by Crippen LogP contribution is 2.26. The molecule has 33 heavy (non-hydrogen) atoms. The summed E-state index contributed by atoms with van der Waals surface area (Å²) in [6.45, 7) is 9.41. The lowest BCUT2D eigenvalue weighted by atomic mass is 10.1. The van der Waals surface area contributed by atoms with Gasteiger partial charge < -0.3 is 15.0 Å². The number of nitrogens with zero attached hydrogens (tertiary/aromatic N) is 4. The van der Waals surface area contributed by atoms with Crippen LogP contribution in [0.3, 0.4) is 0 Å². The Balaban J connectivity index is 1.49. The van der Waals surface area contributed by atoms with E-state index < -0.39 is 15.9 Å². The van der Waals surface area contributed by atoms with E-state index in [-0.39, 0.29) is 16.7 Å². The van der Waals surface area contributed by atoms with Gasteiger partial charge in [0.05, 0.1) is 11.7 Å². The largest absolute Gasteiger partial charge is 0.376 e. The van der Waals surface area contributed by atoms with Crippen molar-refractivity contribution >= 4 is 21.6 Å². The molecule has 10 heteroatoms. The van der Waals surface area contributed by atoms with E-state index in [1.165, 1.54) is 26.3 Å². The highest BCUT2D eigenvalue weighted by Gasteiger charge is 2.35. The van der Waals surface area contributed by atoms with Gasteiger partial charge >= 0.3 is 0 Å². The van der Waals surface area contributed by atoms with Crippen LogP contribution in [0.4, 0.5) is 5.69 Å². The normalized spacial score (nSPS) is 19.7. The fourth-order valence-corrected chi connectivity index (χ4v) is 5.91. The molecule has 2 aliphatic heterocycles. The van der Waals surface area contributed by atoms with Crippen LogP contribution in [0.1, 0.15) is 41.3 Å². The van der Waals surface area contributed by atoms with Crippen LogP contribution in [0.5, 0.6) is 0 Å². The van der Waals surface area contributed by atoms with Crippen molar-refractivity contribution in [3.05, 3.63) is 41.1 Å². The Kier molecular flexibility index (Phi) is 7.06. The van der Waals surface area contributed by atoms with Gasteiger partial charge in [-0.3, -0.25) is 9.48 Å². The Morgan fingerprint density at radius 1 is 1.21 bits per heavy atom. The lowest BCUT2D eigenvalue weighted by Crippen LogP contribution is -2.49. The van der Waals surface area contributed by atoms with E-state index in [1.807, 2.05) is 13.0 Å². The molecule has 2 aliphatic rings. The van der Waals surface area contributed by atoms with Gasteiger partial charge in [0, 0.05) is 57.8 Å². The summed E-state index contributed by atoms with van der Waals surface area (Å²) in [6.07, 6.45) is 3.37. The molecular formula is C23H33N5O4S. The van der Waals surface area contributed by atoms with E-state index in [4.69, 9.17) is 4.74 Å². The van der Waals surface area contributed by atoms with Crippen LogP contribution in [-0.2, 0) is 21.3 Å². The molecule has 0 saturated carbocycles. The monoisotopic (exact) mass is 475 g/mol. The third-order valence-electron chi connectivity index (χ3n) is 6.55. The van der Waals surface area contributed by atoms with Crippen LogP contribution >= 0.6 is 0 Å². The molecule has 4 rings (SSSR count). The summed E-state index contributed by atoms with van der Waals surface area (Å²) in [5, 5.41) is 6.91. The second-order valence-corrected chi connectivity index (χ2v) is 10.5. The third-order valence-corrected chi connectivity index (χ3v) is 8.39. The molecule has 2 aromatic rings. The summed E-state index contributed by atoms with van der Waals surface area (Å²) in [5.74, 6) is -0.433. The number of nitrogens with one attached hydrogen (secondary N) is 1. The summed E-state index contributed by atoms with van der Waals surface area (Å²) in [6, 6.07) is 6.18. The number of hydrogen-bond donors (Lipinski definition) is 1. The predicted octanol–water partition coefficient (Wildman–Crippen LogP) is 1.94. The Bertz CT molecular complexity index is 1100. The highest BCUT2D eigenvalue weighted by molar-refractivity contribution is 7.89. The minimum absolute atomic E-state index is 0.0200. The van der Waals surface area contributed by atoms with Crippen LogP contribution in [0.2, 0.25) is 0 Å². The van der Waals surface area contributed by atoms with Crippen molar-refractivity contribution < 1.29 is 17.9 Å². The first-order chi connectivity index (χ1) is 15.8. The number of amides is 1. The standard InChI is InChI=1S/C23H33N5O4S/c1-4-27-16-20(22(29)24-15-19-8-6-14-32-19)23(25-27)33(30,31)28-12-10-26(11-13-28)21-9-5-7-17(2)18(21)3/h5,7,9,16,19H,4,6,8,10-15H2,1-3H3,(H,24,29). The van der Waals surface area contributed by atoms with Crippen molar-refractivity contribution in [1.29, 1.82) is 0 Å². The number of carbonyl (C=O) groups excluding carboxylic acids is 1. The first-order valence-electron chi connectivity index (χ1n) is 11.6. The number of hydrogen-bond acceptors (Lipinski definition) is 6. The number of carbonyl (C=O) groups is 1. The number of benzene rings is 1. The average Bonchev–Trinajstić information content (AvgIpc) is 3.50. The Morgan fingerprint density at radius 2 is 1.97 bits per heavy atom. The summed E-state index contributed by atoms with van der Waals surface area (Å²) in [4.78, 5) is 15.1. The summed E-state index contributed by atoms with van der Waals surface area (Å²) < 4.78 is 35.5. The van der Waals surface area contributed by atoms with Gasteiger partial charge in [-0.25, -0.2) is 8.42 Å². The van der Waals surface area contributed by atoms with Gasteiger partial charge in [0.1, 0.15) is 0 Å². The van der Waals surface area contributed by atoms with E-state index in [9.17, 15) is 13.2 Å². The number of aryl methyl sites for hydroxylation is 2. The minimum Gasteiger partial charge on any atom is -0.376 e. The first kappa shape index (κ1) is 23.7. The lowest BCUT2D eigenvalue weighted by molar-refractivity contribution is 0.0855. The van der Waals surface area contributed by atoms with E-state index in [0.717, 1.165) is 18.5 Å².